The number of nitrogens with zero attached hydrogens (tertiary/aromatic N) is 1. The minimum Gasteiger partial charge on any atom is -0.299 e. The third kappa shape index (κ3) is 1.82. The zero-order valence-electron chi connectivity index (χ0n) is 9.77. The van der Waals surface area contributed by atoms with Gasteiger partial charge in [-0.1, -0.05) is 12.2 Å². The third-order valence-electron chi connectivity index (χ3n) is 3.31. The molecule has 0 aliphatic heterocycles. The number of hydrogen-bond donors (Lipinski definition) is 0. The quantitative estimate of drug-likeness (QED) is 0.716. The van der Waals surface area contributed by atoms with Crippen LogP contribution in [0.2, 0.25) is 0 Å². The molecule has 1 aromatic carbocycles. The second-order valence-electron chi connectivity index (χ2n) is 4.47. The van der Waals surface area contributed by atoms with Gasteiger partial charge in [0.2, 0.25) is 0 Å². The van der Waals surface area contributed by atoms with E-state index in [0.717, 1.165) is 22.9 Å². The number of allylic oxidation sites excluding steroid dienone is 2. The Kier molecular flexibility index (Phi) is 2.67. The summed E-state index contributed by atoms with van der Waals surface area (Å²) in [5.41, 5.74) is 1.57. The zero-order chi connectivity index (χ0) is 12.5. The van der Waals surface area contributed by atoms with Gasteiger partial charge < -0.3 is 0 Å². The topological polar surface area (TPSA) is 30.0 Å². The van der Waals surface area contributed by atoms with E-state index in [-0.39, 0.29) is 17.5 Å². The molecule has 0 saturated heterocycles. The number of ketones is 1. The standard InChI is InChI=1S/C15H12FNO/c16-10-5-6-14-13(9-10)11(7-8-17-14)12-3-1-2-4-15(12)18/h1,3,5-9,12H,2,4H2. The number of rotatable bonds is 1. The maximum absolute atomic E-state index is 13.4. The first kappa shape index (κ1) is 11.1. The first-order chi connectivity index (χ1) is 8.75. The van der Waals surface area contributed by atoms with Crippen molar-refractivity contribution < 1.29 is 9.18 Å². The van der Waals surface area contributed by atoms with Gasteiger partial charge in [-0.3, -0.25) is 9.78 Å². The van der Waals surface area contributed by atoms with E-state index in [1.54, 1.807) is 18.3 Å². The summed E-state index contributed by atoms with van der Waals surface area (Å²) in [4.78, 5) is 16.2. The predicted molar refractivity (Wildman–Crippen MR) is 67.8 cm³/mol. The van der Waals surface area contributed by atoms with Crippen molar-refractivity contribution in [3.05, 3.63) is 54.0 Å². The maximum atomic E-state index is 13.4. The number of halogens is 1. The van der Waals surface area contributed by atoms with Gasteiger partial charge in [-0.25, -0.2) is 4.39 Å². The number of carbonyl (C=O) groups excluding carboxylic acids is 1. The fraction of sp³-hybridized carbons (Fsp3) is 0.200. The molecule has 1 unspecified atom stereocenters. The van der Waals surface area contributed by atoms with Crippen LogP contribution in [0.4, 0.5) is 4.39 Å². The van der Waals surface area contributed by atoms with Crippen LogP contribution in [0.1, 0.15) is 24.3 Å². The molecule has 3 rings (SSSR count). The Morgan fingerprint density at radius 3 is 3.00 bits per heavy atom. The normalized spacial score (nSPS) is 19.4. The highest BCUT2D eigenvalue weighted by atomic mass is 19.1. The first-order valence-corrected chi connectivity index (χ1v) is 5.99. The van der Waals surface area contributed by atoms with E-state index >= 15 is 0 Å². The van der Waals surface area contributed by atoms with E-state index in [2.05, 4.69) is 4.98 Å². The van der Waals surface area contributed by atoms with E-state index in [1.165, 1.54) is 12.1 Å². The van der Waals surface area contributed by atoms with E-state index in [9.17, 15) is 9.18 Å². The summed E-state index contributed by atoms with van der Waals surface area (Å²) in [6.07, 6.45) is 6.95. The SMILES string of the molecule is O=C1CCC=CC1c1ccnc2ccc(F)cc12. The summed E-state index contributed by atoms with van der Waals surface area (Å²) in [5.74, 6) is -0.371. The smallest absolute Gasteiger partial charge is 0.144 e. The van der Waals surface area contributed by atoms with Gasteiger partial charge in [-0.2, -0.15) is 0 Å². The molecular weight excluding hydrogens is 229 g/mol. The van der Waals surface area contributed by atoms with Crippen LogP contribution < -0.4 is 0 Å². The predicted octanol–water partition coefficient (Wildman–Crippen LogP) is 3.38. The number of carbonyl (C=O) groups is 1. The van der Waals surface area contributed by atoms with Gasteiger partial charge in [0, 0.05) is 18.0 Å². The van der Waals surface area contributed by atoms with Crippen molar-refractivity contribution in [1.29, 1.82) is 0 Å². The number of Topliss-reactive ketones (excluding diaryl/α,β-unsaturated/α-hetero) is 1. The van der Waals surface area contributed by atoms with Gasteiger partial charge in [-0.05, 0) is 36.2 Å². The summed E-state index contributed by atoms with van der Waals surface area (Å²) in [6.45, 7) is 0. The van der Waals surface area contributed by atoms with Crippen molar-refractivity contribution in [3.63, 3.8) is 0 Å². The van der Waals surface area contributed by atoms with Crippen molar-refractivity contribution in [2.45, 2.75) is 18.8 Å². The van der Waals surface area contributed by atoms with Gasteiger partial charge >= 0.3 is 0 Å². The fourth-order valence-electron chi connectivity index (χ4n) is 2.41. The maximum Gasteiger partial charge on any atom is 0.144 e. The molecule has 0 spiro atoms. The Hall–Kier alpha value is -2.03. The van der Waals surface area contributed by atoms with Crippen LogP contribution >= 0.6 is 0 Å². The van der Waals surface area contributed by atoms with E-state index in [1.807, 2.05) is 12.2 Å². The van der Waals surface area contributed by atoms with Crippen molar-refractivity contribution >= 4 is 16.7 Å². The average Bonchev–Trinajstić information content (AvgIpc) is 2.39. The Balaban J connectivity index is 2.22. The molecule has 0 radical (unpaired) electrons. The molecule has 1 heterocycles. The van der Waals surface area contributed by atoms with Crippen LogP contribution in [0, 0.1) is 5.82 Å². The molecule has 0 saturated carbocycles. The van der Waals surface area contributed by atoms with Crippen molar-refractivity contribution in [2.24, 2.45) is 0 Å². The number of hydrogen-bond acceptors (Lipinski definition) is 2. The van der Waals surface area contributed by atoms with Crippen molar-refractivity contribution in [3.8, 4) is 0 Å². The van der Waals surface area contributed by atoms with Crippen LogP contribution in [-0.2, 0) is 4.79 Å². The zero-order valence-corrected chi connectivity index (χ0v) is 9.77. The van der Waals surface area contributed by atoms with Gasteiger partial charge in [0.15, 0.2) is 0 Å². The lowest BCUT2D eigenvalue weighted by Crippen LogP contribution is -2.13. The molecule has 0 N–H and O–H groups in total. The molecule has 90 valence electrons. The van der Waals surface area contributed by atoms with Crippen LogP contribution in [0.3, 0.4) is 0 Å². The highest BCUT2D eigenvalue weighted by molar-refractivity contribution is 5.94. The molecule has 0 amide bonds. The Morgan fingerprint density at radius 2 is 2.17 bits per heavy atom. The Labute approximate surface area is 104 Å². The summed E-state index contributed by atoms with van der Waals surface area (Å²) in [7, 11) is 0. The van der Waals surface area contributed by atoms with Crippen LogP contribution in [0.5, 0.6) is 0 Å². The second kappa shape index (κ2) is 4.33. The highest BCUT2D eigenvalue weighted by Crippen LogP contribution is 2.30. The monoisotopic (exact) mass is 241 g/mol. The lowest BCUT2D eigenvalue weighted by atomic mass is 9.86. The molecule has 3 heteroatoms. The number of fused-ring (bicyclic) bond motifs is 1. The minimum atomic E-state index is -0.302. The lowest BCUT2D eigenvalue weighted by molar-refractivity contribution is -0.119. The molecule has 1 atom stereocenters. The molecule has 0 bridgehead atoms. The van der Waals surface area contributed by atoms with E-state index < -0.39 is 0 Å². The van der Waals surface area contributed by atoms with Crippen LogP contribution in [0.15, 0.2) is 42.6 Å². The largest absolute Gasteiger partial charge is 0.299 e. The van der Waals surface area contributed by atoms with Gasteiger partial charge in [0.1, 0.15) is 11.6 Å². The molecule has 1 aliphatic carbocycles. The van der Waals surface area contributed by atoms with Gasteiger partial charge in [0.25, 0.3) is 0 Å². The minimum absolute atomic E-state index is 0.189. The van der Waals surface area contributed by atoms with Gasteiger partial charge in [-0.15, -0.1) is 0 Å². The summed E-state index contributed by atoms with van der Waals surface area (Å²) in [6, 6.07) is 6.29. The Morgan fingerprint density at radius 1 is 1.28 bits per heavy atom. The molecule has 0 fully saturated rings. The van der Waals surface area contributed by atoms with Crippen molar-refractivity contribution in [1.82, 2.24) is 4.98 Å². The number of pyridine rings is 1. The molecule has 1 aromatic heterocycles. The summed E-state index contributed by atoms with van der Waals surface area (Å²) >= 11 is 0. The molecular formula is C15H12FNO. The molecule has 1 aliphatic rings. The number of aromatic nitrogens is 1. The van der Waals surface area contributed by atoms with Crippen LogP contribution in [-0.4, -0.2) is 10.8 Å². The highest BCUT2D eigenvalue weighted by Gasteiger charge is 2.21. The van der Waals surface area contributed by atoms with Gasteiger partial charge in [0.05, 0.1) is 11.4 Å². The molecule has 2 nitrogen and oxygen atoms in total. The lowest BCUT2D eigenvalue weighted by Gasteiger charge is -2.17. The van der Waals surface area contributed by atoms with E-state index in [0.29, 0.717) is 6.42 Å². The fourth-order valence-corrected chi connectivity index (χ4v) is 2.41. The first-order valence-electron chi connectivity index (χ1n) is 5.99. The second-order valence-corrected chi connectivity index (χ2v) is 4.47. The molecule has 18 heavy (non-hydrogen) atoms. The Bertz CT molecular complexity index is 648. The summed E-state index contributed by atoms with van der Waals surface area (Å²) in [5, 5.41) is 0.724. The summed E-state index contributed by atoms with van der Waals surface area (Å²) < 4.78 is 13.4. The molecule has 2 aromatic rings. The third-order valence-corrected chi connectivity index (χ3v) is 3.31. The average molecular weight is 241 g/mol. The number of benzene rings is 1. The van der Waals surface area contributed by atoms with E-state index in [4.69, 9.17) is 0 Å². The van der Waals surface area contributed by atoms with Crippen LogP contribution in [0.25, 0.3) is 10.9 Å². The van der Waals surface area contributed by atoms with Crippen molar-refractivity contribution in [2.75, 3.05) is 0 Å².